The van der Waals surface area contributed by atoms with Gasteiger partial charge in [0.25, 0.3) is 0 Å². The molecule has 2 unspecified atom stereocenters. The molecule has 0 radical (unpaired) electrons. The number of hydrogen-bond acceptors (Lipinski definition) is 5. The van der Waals surface area contributed by atoms with Crippen LogP contribution in [0.1, 0.15) is 18.9 Å². The highest BCUT2D eigenvalue weighted by atomic mass is 32.2. The lowest BCUT2D eigenvalue weighted by Gasteiger charge is -2.12. The van der Waals surface area contributed by atoms with Crippen LogP contribution < -0.4 is 11.0 Å². The zero-order valence-electron chi connectivity index (χ0n) is 8.72. The van der Waals surface area contributed by atoms with Crippen molar-refractivity contribution in [1.29, 1.82) is 0 Å². The van der Waals surface area contributed by atoms with Gasteiger partial charge < -0.3 is 10.4 Å². The fraction of sp³-hybridized carbons (Fsp3) is 0.778. The van der Waals surface area contributed by atoms with Gasteiger partial charge in [0, 0.05) is 19.1 Å². The van der Waals surface area contributed by atoms with E-state index in [4.69, 9.17) is 0 Å². The van der Waals surface area contributed by atoms with Crippen LogP contribution in [-0.2, 0) is 0 Å². The van der Waals surface area contributed by atoms with Crippen LogP contribution in [-0.4, -0.2) is 44.3 Å². The number of rotatable bonds is 3. The molecule has 2 heterocycles. The highest BCUT2D eigenvalue weighted by Crippen LogP contribution is 2.37. The Bertz CT molecular complexity index is 439. The number of aromatic nitrogens is 3. The number of nitrogens with zero attached hydrogens (tertiary/aromatic N) is 2. The van der Waals surface area contributed by atoms with Crippen molar-refractivity contribution in [2.45, 2.75) is 35.4 Å². The molecule has 0 aromatic carbocycles. The van der Waals surface area contributed by atoms with Crippen LogP contribution in [0.4, 0.5) is 0 Å². The molecule has 16 heavy (non-hydrogen) atoms. The van der Waals surface area contributed by atoms with Crippen LogP contribution in [0.25, 0.3) is 0 Å². The molecule has 0 amide bonds. The van der Waals surface area contributed by atoms with Gasteiger partial charge in [-0.1, -0.05) is 11.8 Å². The zero-order valence-corrected chi connectivity index (χ0v) is 9.54. The predicted molar refractivity (Wildman–Crippen MR) is 59.6 cm³/mol. The molecule has 3 N–H and O–H groups in total. The first-order valence-corrected chi connectivity index (χ1v) is 6.36. The maximum absolute atomic E-state index is 11.5. The summed E-state index contributed by atoms with van der Waals surface area (Å²) >= 11 is 1.48. The molecular formula is C9H14N4O2S. The van der Waals surface area contributed by atoms with E-state index in [1.54, 1.807) is 4.57 Å². The summed E-state index contributed by atoms with van der Waals surface area (Å²) in [6, 6.07) is 0.320. The maximum Gasteiger partial charge on any atom is 0.344 e. The van der Waals surface area contributed by atoms with E-state index in [1.807, 2.05) is 0 Å². The standard InChI is InChI=1S/C9H14N4O2S/c14-6-3-10-4-7(6)16-9-12-11-8(15)13(9)5-1-2-5/h5-7,10,14H,1-4H2,(H,11,15). The van der Waals surface area contributed by atoms with Gasteiger partial charge in [-0.15, -0.1) is 5.10 Å². The second-order valence-electron chi connectivity index (χ2n) is 4.29. The van der Waals surface area contributed by atoms with E-state index in [0.29, 0.717) is 17.7 Å². The normalized spacial score (nSPS) is 29.8. The van der Waals surface area contributed by atoms with E-state index < -0.39 is 0 Å². The number of aliphatic hydroxyl groups is 1. The Hall–Kier alpha value is -0.790. The second kappa shape index (κ2) is 3.90. The van der Waals surface area contributed by atoms with E-state index >= 15 is 0 Å². The smallest absolute Gasteiger partial charge is 0.344 e. The van der Waals surface area contributed by atoms with Crippen LogP contribution in [0.3, 0.4) is 0 Å². The van der Waals surface area contributed by atoms with E-state index in [0.717, 1.165) is 19.4 Å². The third-order valence-corrected chi connectivity index (χ3v) is 4.25. The van der Waals surface area contributed by atoms with Gasteiger partial charge in [0.15, 0.2) is 5.16 Å². The summed E-state index contributed by atoms with van der Waals surface area (Å²) in [5, 5.41) is 20.1. The fourth-order valence-electron chi connectivity index (χ4n) is 1.92. The number of hydrogen-bond donors (Lipinski definition) is 3. The molecule has 88 valence electrons. The van der Waals surface area contributed by atoms with E-state index in [1.165, 1.54) is 11.8 Å². The molecule has 1 saturated carbocycles. The monoisotopic (exact) mass is 242 g/mol. The minimum absolute atomic E-state index is 0.0905. The van der Waals surface area contributed by atoms with Gasteiger partial charge in [-0.25, -0.2) is 9.89 Å². The average Bonchev–Trinajstić information content (AvgIpc) is 2.92. The summed E-state index contributed by atoms with van der Waals surface area (Å²) in [4.78, 5) is 11.5. The highest BCUT2D eigenvalue weighted by molar-refractivity contribution is 7.99. The first-order chi connectivity index (χ1) is 7.75. The van der Waals surface area contributed by atoms with Crippen LogP contribution in [0, 0.1) is 0 Å². The molecule has 1 aromatic heterocycles. The van der Waals surface area contributed by atoms with Crippen LogP contribution >= 0.6 is 11.8 Å². The lowest BCUT2D eigenvalue weighted by molar-refractivity contribution is 0.201. The van der Waals surface area contributed by atoms with E-state index in [-0.39, 0.29) is 17.0 Å². The molecule has 2 fully saturated rings. The molecule has 2 aliphatic rings. The molecule has 6 nitrogen and oxygen atoms in total. The number of aliphatic hydroxyl groups excluding tert-OH is 1. The Morgan fingerprint density at radius 3 is 2.88 bits per heavy atom. The summed E-state index contributed by atoms with van der Waals surface area (Å²) in [6.07, 6.45) is 1.75. The summed E-state index contributed by atoms with van der Waals surface area (Å²) in [5.41, 5.74) is -0.134. The van der Waals surface area contributed by atoms with E-state index in [2.05, 4.69) is 15.5 Å². The zero-order chi connectivity index (χ0) is 11.1. The molecule has 3 rings (SSSR count). The van der Waals surface area contributed by atoms with Gasteiger partial charge in [-0.05, 0) is 12.8 Å². The van der Waals surface area contributed by atoms with Crippen molar-refractivity contribution in [1.82, 2.24) is 20.1 Å². The molecule has 1 aliphatic carbocycles. The molecule has 2 atom stereocenters. The Kier molecular flexibility index (Phi) is 2.53. The number of β-amino-alcohol motifs (C(OH)–C–C–N with tert-alkyl or cyclic N) is 1. The third kappa shape index (κ3) is 1.79. The number of aromatic amines is 1. The van der Waals surface area contributed by atoms with Crippen LogP contribution in [0.5, 0.6) is 0 Å². The SMILES string of the molecule is O=c1[nH]nc(SC2CNCC2O)n1C1CC1. The largest absolute Gasteiger partial charge is 0.391 e. The van der Waals surface area contributed by atoms with Crippen molar-refractivity contribution < 1.29 is 5.11 Å². The predicted octanol–water partition coefficient (Wildman–Crippen LogP) is -0.669. The summed E-state index contributed by atoms with van der Waals surface area (Å²) < 4.78 is 1.72. The molecule has 7 heteroatoms. The van der Waals surface area contributed by atoms with Crippen LogP contribution in [0.15, 0.2) is 9.95 Å². The molecule has 0 spiro atoms. The Balaban J connectivity index is 1.81. The fourth-order valence-corrected chi connectivity index (χ4v) is 3.09. The van der Waals surface area contributed by atoms with Crippen LogP contribution in [0.2, 0.25) is 0 Å². The summed E-state index contributed by atoms with van der Waals surface area (Å²) in [7, 11) is 0. The van der Waals surface area contributed by atoms with Gasteiger partial charge in [0.05, 0.1) is 11.4 Å². The lowest BCUT2D eigenvalue weighted by atomic mass is 10.3. The van der Waals surface area contributed by atoms with Crippen molar-refractivity contribution in [3.05, 3.63) is 10.5 Å². The number of H-pyrrole nitrogens is 1. The number of nitrogens with one attached hydrogen (secondary N) is 2. The summed E-state index contributed by atoms with van der Waals surface area (Å²) in [5.74, 6) is 0. The quantitative estimate of drug-likeness (QED) is 0.655. The number of thioether (sulfide) groups is 1. The molecular weight excluding hydrogens is 228 g/mol. The van der Waals surface area contributed by atoms with Gasteiger partial charge >= 0.3 is 5.69 Å². The minimum Gasteiger partial charge on any atom is -0.391 e. The Labute approximate surface area is 96.4 Å². The Morgan fingerprint density at radius 1 is 1.44 bits per heavy atom. The minimum atomic E-state index is -0.357. The first kappa shape index (κ1) is 10.4. The topological polar surface area (TPSA) is 82.9 Å². The Morgan fingerprint density at radius 2 is 2.25 bits per heavy atom. The van der Waals surface area contributed by atoms with Crippen molar-refractivity contribution in [2.24, 2.45) is 0 Å². The average molecular weight is 242 g/mol. The van der Waals surface area contributed by atoms with E-state index in [9.17, 15) is 9.90 Å². The van der Waals surface area contributed by atoms with Crippen molar-refractivity contribution in [2.75, 3.05) is 13.1 Å². The second-order valence-corrected chi connectivity index (χ2v) is 5.50. The van der Waals surface area contributed by atoms with Crippen molar-refractivity contribution >= 4 is 11.8 Å². The van der Waals surface area contributed by atoms with Gasteiger partial charge in [-0.2, -0.15) is 0 Å². The van der Waals surface area contributed by atoms with Gasteiger partial charge in [-0.3, -0.25) is 4.57 Å². The van der Waals surface area contributed by atoms with Gasteiger partial charge in [0.2, 0.25) is 0 Å². The highest BCUT2D eigenvalue weighted by Gasteiger charge is 2.32. The first-order valence-electron chi connectivity index (χ1n) is 5.48. The van der Waals surface area contributed by atoms with Crippen molar-refractivity contribution in [3.63, 3.8) is 0 Å². The maximum atomic E-state index is 11.5. The lowest BCUT2D eigenvalue weighted by Crippen LogP contribution is -2.22. The molecule has 0 bridgehead atoms. The van der Waals surface area contributed by atoms with Gasteiger partial charge in [0.1, 0.15) is 0 Å². The molecule has 1 aromatic rings. The van der Waals surface area contributed by atoms with Crippen molar-refractivity contribution in [3.8, 4) is 0 Å². The third-order valence-electron chi connectivity index (χ3n) is 2.97. The summed E-state index contributed by atoms with van der Waals surface area (Å²) in [6.45, 7) is 1.38. The molecule has 1 aliphatic heterocycles. The molecule has 1 saturated heterocycles.